The van der Waals surface area contributed by atoms with Gasteiger partial charge in [0.05, 0.1) is 21.7 Å². The van der Waals surface area contributed by atoms with Crippen molar-refractivity contribution in [3.8, 4) is 113 Å². The fourth-order valence-corrected chi connectivity index (χ4v) is 23.4. The molecule has 3 heterocycles. The number of benzene rings is 17. The van der Waals surface area contributed by atoms with Gasteiger partial charge in [0.25, 0.3) is 0 Å². The third kappa shape index (κ3) is 8.25. The van der Waals surface area contributed by atoms with Gasteiger partial charge < -0.3 is 0 Å². The molecule has 7 heteroatoms. The van der Waals surface area contributed by atoms with Crippen molar-refractivity contribution in [1.29, 1.82) is 0 Å². The van der Waals surface area contributed by atoms with Gasteiger partial charge in [0.15, 0.2) is 34.9 Å². The zero-order valence-electron chi connectivity index (χ0n) is 62.0. The number of thiophene rings is 1. The Kier molecular flexibility index (Phi) is 13.4. The monoisotopic (exact) mass is 1480 g/mol. The molecule has 0 spiro atoms. The second-order valence-corrected chi connectivity index (χ2v) is 32.2. The molecule has 0 fully saturated rings. The van der Waals surface area contributed by atoms with E-state index in [2.05, 4.69) is 346 Å². The molecule has 0 saturated heterocycles. The lowest BCUT2D eigenvalue weighted by Gasteiger charge is -2.56. The Morgan fingerprint density at radius 1 is 0.157 bits per heavy atom. The van der Waals surface area contributed by atoms with Crippen LogP contribution >= 0.6 is 11.3 Å². The topological polar surface area (TPSA) is 77.3 Å². The van der Waals surface area contributed by atoms with Crippen LogP contribution in [-0.4, -0.2) is 29.9 Å². The maximum absolute atomic E-state index is 5.46. The van der Waals surface area contributed by atoms with E-state index >= 15 is 0 Å². The molecule has 0 amide bonds. The average molecular weight is 1480 g/mol. The van der Waals surface area contributed by atoms with E-state index in [1.54, 1.807) is 11.3 Å². The van der Waals surface area contributed by atoms with Gasteiger partial charge in [0.2, 0.25) is 0 Å². The molecule has 6 aliphatic rings. The molecule has 0 N–H and O–H groups in total. The normalized spacial score (nSPS) is 17.9. The van der Waals surface area contributed by atoms with Crippen molar-refractivity contribution in [2.75, 3.05) is 0 Å². The van der Waals surface area contributed by atoms with E-state index in [4.69, 9.17) is 29.9 Å². The van der Waals surface area contributed by atoms with E-state index in [1.807, 2.05) is 42.5 Å². The second kappa shape index (κ2) is 24.0. The van der Waals surface area contributed by atoms with Crippen LogP contribution in [-0.2, 0) is 21.7 Å². The number of aromatic nitrogens is 6. The van der Waals surface area contributed by atoms with Gasteiger partial charge in [-0.05, 0) is 145 Å². The molecule has 3 aromatic heterocycles. The summed E-state index contributed by atoms with van der Waals surface area (Å²) in [6, 6.07) is 142. The van der Waals surface area contributed by atoms with Crippen LogP contribution in [0.2, 0.25) is 0 Å². The summed E-state index contributed by atoms with van der Waals surface area (Å²) in [6.07, 6.45) is 0. The summed E-state index contributed by atoms with van der Waals surface area (Å²) in [6.45, 7) is 0. The molecule has 0 unspecified atom stereocenters. The molecule has 20 aromatic rings. The molecule has 115 heavy (non-hydrogen) atoms. The van der Waals surface area contributed by atoms with E-state index in [0.717, 1.165) is 44.2 Å². The standard InChI is InChI=1S/C57H33N3S.C51H31N3/c1-2-16-34(17-3-1)53-58-54(60-55(59-53)43-25-14-24-41-39-22-8-13-31-50(39)61-52(41)43)42-32-33-49-51-40(42)23-15-30-48(51)56-44-26-9-4-18-35(44)37-20-6-11-28-46(37)57(49,56)47-29-12-7-21-38(47)36-19-5-10-27-45(36)56;1-3-16-32(17-4-1)47-52-48(33-18-5-2-6-19-33)54-49(53-47)39-30-31-45-46-38(39)24-15-29-44(46)50-40-25-11-7-20-34(40)36-22-9-13-27-42(36)51(45,50)43-28-14-10-23-37(43)35-21-8-12-26-41(35)50/h1-33H;1-31H. The van der Waals surface area contributed by atoms with E-state index in [1.165, 1.54) is 142 Å². The van der Waals surface area contributed by atoms with Crippen molar-refractivity contribution in [2.45, 2.75) is 21.7 Å². The minimum Gasteiger partial charge on any atom is -0.208 e. The van der Waals surface area contributed by atoms with Crippen LogP contribution in [0.3, 0.4) is 0 Å². The Labute approximate surface area is 667 Å². The van der Waals surface area contributed by atoms with Crippen molar-refractivity contribution >= 4 is 53.1 Å². The van der Waals surface area contributed by atoms with Crippen molar-refractivity contribution in [2.24, 2.45) is 0 Å². The highest BCUT2D eigenvalue weighted by Crippen LogP contribution is 2.76. The van der Waals surface area contributed by atoms with Crippen LogP contribution in [0.5, 0.6) is 0 Å². The lowest BCUT2D eigenvalue weighted by Crippen LogP contribution is -2.54. The minimum atomic E-state index is -0.556. The first-order valence-corrected chi connectivity index (χ1v) is 40.4. The Morgan fingerprint density at radius 3 is 0.739 bits per heavy atom. The SMILES string of the molecule is c1ccc(-c2nc(-c3ccc4c5c(cccc35)C35c6ccccc6-c6ccccc6C43c3ccccc3-c3ccccc35)nc(-c3cccc4c3sc3ccccc34)n2)cc1.c1ccc(-c2nc(-c3ccccc3)nc(-c3ccc4c5c(cccc35)C35c6ccccc6-c6ccccc6C43c3ccccc3-c3ccccc35)n2)cc1. The van der Waals surface area contributed by atoms with Crippen LogP contribution in [0, 0.1) is 0 Å². The highest BCUT2D eigenvalue weighted by molar-refractivity contribution is 7.26. The molecule has 6 nitrogen and oxygen atoms in total. The van der Waals surface area contributed by atoms with Gasteiger partial charge in [-0.1, -0.05) is 376 Å². The average Bonchev–Trinajstić information content (AvgIpc) is 1.49. The molecular weight excluding hydrogens is 1410 g/mol. The van der Waals surface area contributed by atoms with Gasteiger partial charge in [-0.15, -0.1) is 11.3 Å². The summed E-state index contributed by atoms with van der Waals surface area (Å²) in [5, 5.41) is 7.31. The molecule has 26 rings (SSSR count). The number of fused-ring (bicyclic) bond motifs is 15. The van der Waals surface area contributed by atoms with Crippen molar-refractivity contribution in [3.05, 3.63) is 455 Å². The first-order valence-electron chi connectivity index (χ1n) is 39.6. The molecule has 0 bridgehead atoms. The molecule has 17 aromatic carbocycles. The highest BCUT2D eigenvalue weighted by atomic mass is 32.1. The predicted molar refractivity (Wildman–Crippen MR) is 467 cm³/mol. The highest BCUT2D eigenvalue weighted by Gasteiger charge is 2.70. The van der Waals surface area contributed by atoms with E-state index in [0.29, 0.717) is 34.9 Å². The molecule has 0 aliphatic heterocycles. The number of hydrogen-bond acceptors (Lipinski definition) is 7. The fraction of sp³-hybridized carbons (Fsp3) is 0.0370. The van der Waals surface area contributed by atoms with E-state index < -0.39 is 21.7 Å². The summed E-state index contributed by atoms with van der Waals surface area (Å²) < 4.78 is 2.43. The first-order chi connectivity index (χ1) is 57.1. The van der Waals surface area contributed by atoms with Crippen molar-refractivity contribution in [1.82, 2.24) is 29.9 Å². The van der Waals surface area contributed by atoms with Gasteiger partial charge in [0, 0.05) is 53.6 Å². The number of hydrogen-bond donors (Lipinski definition) is 0. The Hall–Kier alpha value is -14.5. The number of rotatable bonds is 6. The molecule has 6 aliphatic carbocycles. The maximum Gasteiger partial charge on any atom is 0.165 e. The zero-order chi connectivity index (χ0) is 75.3. The van der Waals surface area contributed by atoms with Crippen LogP contribution in [0.25, 0.3) is 155 Å². The van der Waals surface area contributed by atoms with Crippen LogP contribution in [0.4, 0.5) is 0 Å². The molecule has 0 saturated carbocycles. The smallest absolute Gasteiger partial charge is 0.165 e. The van der Waals surface area contributed by atoms with Gasteiger partial charge in [-0.25, -0.2) is 29.9 Å². The van der Waals surface area contributed by atoms with Crippen molar-refractivity contribution in [3.63, 3.8) is 0 Å². The van der Waals surface area contributed by atoms with Crippen LogP contribution in [0.1, 0.15) is 66.8 Å². The second-order valence-electron chi connectivity index (χ2n) is 31.1. The molecule has 0 radical (unpaired) electrons. The Morgan fingerprint density at radius 2 is 0.391 bits per heavy atom. The van der Waals surface area contributed by atoms with Gasteiger partial charge in [-0.2, -0.15) is 0 Å². The zero-order valence-corrected chi connectivity index (χ0v) is 62.9. The Bertz CT molecular complexity index is 7120. The maximum atomic E-state index is 5.46. The predicted octanol–water partition coefficient (Wildman–Crippen LogP) is 25.7. The summed E-state index contributed by atoms with van der Waals surface area (Å²) in [5.74, 6) is 3.99. The third-order valence-corrected chi connectivity index (χ3v) is 27.3. The summed E-state index contributed by atoms with van der Waals surface area (Å²) in [4.78, 5) is 31.5. The summed E-state index contributed by atoms with van der Waals surface area (Å²) in [5.41, 5.74) is 30.0. The summed E-state index contributed by atoms with van der Waals surface area (Å²) in [7, 11) is 0. The fourth-order valence-electron chi connectivity index (χ4n) is 22.2. The number of nitrogens with zero attached hydrogens (tertiary/aromatic N) is 6. The van der Waals surface area contributed by atoms with E-state index in [9.17, 15) is 0 Å². The molecule has 0 atom stereocenters. The van der Waals surface area contributed by atoms with Gasteiger partial charge in [0.1, 0.15) is 0 Å². The first kappa shape index (κ1) is 64.2. The quantitative estimate of drug-likeness (QED) is 0.165. The van der Waals surface area contributed by atoms with Gasteiger partial charge in [-0.3, -0.25) is 0 Å². The van der Waals surface area contributed by atoms with E-state index in [-0.39, 0.29) is 0 Å². The largest absolute Gasteiger partial charge is 0.208 e. The lowest BCUT2D eigenvalue weighted by molar-refractivity contribution is 0.432. The van der Waals surface area contributed by atoms with Gasteiger partial charge >= 0.3 is 0 Å². The lowest BCUT2D eigenvalue weighted by atomic mass is 9.43. The van der Waals surface area contributed by atoms with Crippen LogP contribution < -0.4 is 0 Å². The van der Waals surface area contributed by atoms with Crippen LogP contribution in [0.15, 0.2) is 388 Å². The summed E-state index contributed by atoms with van der Waals surface area (Å²) >= 11 is 1.80. The minimum absolute atomic E-state index is 0.535. The van der Waals surface area contributed by atoms with Crippen molar-refractivity contribution < 1.29 is 0 Å². The molecular formula is C108H64N6S. The third-order valence-electron chi connectivity index (χ3n) is 26.1. The Balaban J connectivity index is 0.000000130. The molecule has 532 valence electrons.